The second kappa shape index (κ2) is 4.92. The predicted molar refractivity (Wildman–Crippen MR) is 71.8 cm³/mol. The van der Waals surface area contributed by atoms with Gasteiger partial charge >= 0.3 is 0 Å². The minimum atomic E-state index is -3.26. The second-order valence-electron chi connectivity index (χ2n) is 3.67. The van der Waals surface area contributed by atoms with Crippen LogP contribution in [0.1, 0.15) is 27.7 Å². The molecule has 0 bridgehead atoms. The molecular weight excluding hydrogens is 234 g/mol. The lowest BCUT2D eigenvalue weighted by Gasteiger charge is -2.29. The molecule has 17 heavy (non-hydrogen) atoms. The molecule has 0 radical (unpaired) electrons. The zero-order chi connectivity index (χ0) is 13.2. The summed E-state index contributed by atoms with van der Waals surface area (Å²) >= 11 is 0. The topological polar surface area (TPSA) is 37.4 Å². The lowest BCUT2D eigenvalue weighted by atomic mass is 10.2. The molecule has 0 fully saturated rings. The van der Waals surface area contributed by atoms with Crippen molar-refractivity contribution in [1.82, 2.24) is 0 Å². The van der Waals surface area contributed by atoms with Gasteiger partial charge in [-0.25, -0.2) is 8.42 Å². The fourth-order valence-electron chi connectivity index (χ4n) is 1.74. The number of nitrogens with zero attached hydrogens (tertiary/aromatic N) is 1. The van der Waals surface area contributed by atoms with E-state index in [4.69, 9.17) is 0 Å². The highest BCUT2D eigenvalue weighted by Gasteiger charge is 2.29. The van der Waals surface area contributed by atoms with Crippen LogP contribution < -0.4 is 4.90 Å². The highest BCUT2D eigenvalue weighted by Crippen LogP contribution is 2.36. The molecule has 3 nitrogen and oxygen atoms in total. The fourth-order valence-corrected chi connectivity index (χ4v) is 3.33. The van der Waals surface area contributed by atoms with E-state index in [-0.39, 0.29) is 0 Å². The van der Waals surface area contributed by atoms with Crippen molar-refractivity contribution in [3.8, 4) is 0 Å². The van der Waals surface area contributed by atoms with E-state index in [0.29, 0.717) is 9.80 Å². The third-order valence-electron chi connectivity index (χ3n) is 2.93. The van der Waals surface area contributed by atoms with E-state index in [1.165, 1.54) is 0 Å². The first kappa shape index (κ1) is 13.8. The first-order valence-corrected chi connectivity index (χ1v) is 7.20. The van der Waals surface area contributed by atoms with Gasteiger partial charge in [0.15, 0.2) is 0 Å². The summed E-state index contributed by atoms with van der Waals surface area (Å²) in [7, 11) is -1.38. The third-order valence-corrected chi connectivity index (χ3v) is 4.96. The molecule has 4 heteroatoms. The van der Waals surface area contributed by atoms with E-state index in [9.17, 15) is 8.42 Å². The zero-order valence-corrected chi connectivity index (χ0v) is 11.8. The van der Waals surface area contributed by atoms with Crippen molar-refractivity contribution in [2.75, 3.05) is 11.9 Å². The molecule has 0 aliphatic carbocycles. The Hall–Kier alpha value is -1.29. The van der Waals surface area contributed by atoms with Crippen molar-refractivity contribution in [2.24, 2.45) is 0 Å². The first-order chi connectivity index (χ1) is 7.96. The van der Waals surface area contributed by atoms with Crippen LogP contribution in [0.15, 0.2) is 39.8 Å². The molecule has 2 rings (SSSR count). The molecule has 0 saturated heterocycles. The first-order valence-electron chi connectivity index (χ1n) is 5.71. The van der Waals surface area contributed by atoms with Gasteiger partial charge in [0.1, 0.15) is 0 Å². The third kappa shape index (κ3) is 2.09. The van der Waals surface area contributed by atoms with Crippen molar-refractivity contribution in [2.45, 2.75) is 32.6 Å². The molecule has 0 unspecified atom stereocenters. The molecule has 1 heterocycles. The van der Waals surface area contributed by atoms with E-state index >= 15 is 0 Å². The molecule has 1 aliphatic rings. The van der Waals surface area contributed by atoms with E-state index < -0.39 is 9.84 Å². The van der Waals surface area contributed by atoms with Crippen molar-refractivity contribution in [1.29, 1.82) is 0 Å². The van der Waals surface area contributed by atoms with Gasteiger partial charge in [0.25, 0.3) is 0 Å². The van der Waals surface area contributed by atoms with E-state index in [2.05, 4.69) is 0 Å². The van der Waals surface area contributed by atoms with Gasteiger partial charge in [0.05, 0.1) is 15.5 Å². The lowest BCUT2D eigenvalue weighted by molar-refractivity contribution is 0.600. The smallest absolute Gasteiger partial charge is 0.206 e. The van der Waals surface area contributed by atoms with Crippen LogP contribution in [0.4, 0.5) is 5.69 Å². The Morgan fingerprint density at radius 1 is 1.06 bits per heavy atom. The molecule has 0 spiro atoms. The number of sulfone groups is 1. The molecule has 0 N–H and O–H groups in total. The molecule has 0 aromatic heterocycles. The predicted octanol–water partition coefficient (Wildman–Crippen LogP) is 3.19. The number of benzene rings is 1. The van der Waals surface area contributed by atoms with Gasteiger partial charge < -0.3 is 4.90 Å². The number of anilines is 1. The van der Waals surface area contributed by atoms with Crippen LogP contribution in [0.5, 0.6) is 0 Å². The Morgan fingerprint density at radius 3 is 2.18 bits per heavy atom. The average Bonchev–Trinajstić information content (AvgIpc) is 2.37. The Balaban J connectivity index is 0.000000686. The highest BCUT2D eigenvalue weighted by atomic mass is 32.2. The SMILES string of the molecule is CC.CC1=C(C)S(=O)(=O)c2ccccc2N1C. The standard InChI is InChI=1S/C11H13NO2S.C2H6/c1-8-9(2)15(13,14)11-7-5-4-6-10(11)12(8)3;1-2/h4-7H,1-3H3;1-2H3. The van der Waals surface area contributed by atoms with Gasteiger partial charge in [-0.3, -0.25) is 0 Å². The molecule has 1 aliphatic heterocycles. The number of hydrogen-bond donors (Lipinski definition) is 0. The summed E-state index contributed by atoms with van der Waals surface area (Å²) in [5.74, 6) is 0. The summed E-state index contributed by atoms with van der Waals surface area (Å²) in [4.78, 5) is 2.74. The normalized spacial score (nSPS) is 17.1. The molecule has 94 valence electrons. The van der Waals surface area contributed by atoms with E-state index in [1.807, 2.05) is 44.9 Å². The lowest BCUT2D eigenvalue weighted by Crippen LogP contribution is -2.25. The second-order valence-corrected chi connectivity index (χ2v) is 5.73. The van der Waals surface area contributed by atoms with E-state index in [0.717, 1.165) is 11.4 Å². The Morgan fingerprint density at radius 2 is 1.59 bits per heavy atom. The monoisotopic (exact) mass is 253 g/mol. The van der Waals surface area contributed by atoms with Gasteiger partial charge in [-0.15, -0.1) is 0 Å². The summed E-state index contributed by atoms with van der Waals surface area (Å²) in [6, 6.07) is 7.07. The summed E-state index contributed by atoms with van der Waals surface area (Å²) in [5, 5.41) is 0. The van der Waals surface area contributed by atoms with Gasteiger partial charge in [-0.2, -0.15) is 0 Å². The van der Waals surface area contributed by atoms with Crippen LogP contribution in [0.25, 0.3) is 0 Å². The summed E-state index contributed by atoms with van der Waals surface area (Å²) < 4.78 is 24.2. The van der Waals surface area contributed by atoms with Crippen LogP contribution in [0.2, 0.25) is 0 Å². The maximum Gasteiger partial charge on any atom is 0.206 e. The minimum absolute atomic E-state index is 0.399. The average molecular weight is 253 g/mol. The highest BCUT2D eigenvalue weighted by molar-refractivity contribution is 7.95. The van der Waals surface area contributed by atoms with Crippen LogP contribution in [-0.4, -0.2) is 15.5 Å². The van der Waals surface area contributed by atoms with Crippen molar-refractivity contribution in [3.63, 3.8) is 0 Å². The van der Waals surface area contributed by atoms with Crippen molar-refractivity contribution < 1.29 is 8.42 Å². The van der Waals surface area contributed by atoms with Gasteiger partial charge in [0, 0.05) is 12.7 Å². The van der Waals surface area contributed by atoms with Gasteiger partial charge in [-0.05, 0) is 26.0 Å². The summed E-state index contributed by atoms with van der Waals surface area (Å²) in [6.45, 7) is 7.47. The maximum absolute atomic E-state index is 12.1. The number of para-hydroxylation sites is 1. The molecule has 1 aromatic carbocycles. The zero-order valence-electron chi connectivity index (χ0n) is 11.0. The Labute approximate surface area is 104 Å². The molecule has 0 amide bonds. The number of rotatable bonds is 0. The van der Waals surface area contributed by atoms with Gasteiger partial charge in [0.2, 0.25) is 9.84 Å². The Bertz CT molecular complexity index is 544. The molecule has 0 saturated carbocycles. The summed E-state index contributed by atoms with van der Waals surface area (Å²) in [5.41, 5.74) is 1.54. The van der Waals surface area contributed by atoms with Crippen molar-refractivity contribution >= 4 is 15.5 Å². The minimum Gasteiger partial charge on any atom is -0.346 e. The quantitative estimate of drug-likeness (QED) is 0.712. The van der Waals surface area contributed by atoms with Crippen LogP contribution in [0, 0.1) is 0 Å². The Kier molecular flexibility index (Phi) is 3.98. The fraction of sp³-hybridized carbons (Fsp3) is 0.385. The van der Waals surface area contributed by atoms with Crippen LogP contribution in [-0.2, 0) is 9.84 Å². The number of hydrogen-bond acceptors (Lipinski definition) is 3. The molecule has 1 aromatic rings. The van der Waals surface area contributed by atoms with Crippen LogP contribution >= 0.6 is 0 Å². The maximum atomic E-state index is 12.1. The molecular formula is C13H19NO2S. The largest absolute Gasteiger partial charge is 0.346 e. The van der Waals surface area contributed by atoms with Crippen molar-refractivity contribution in [3.05, 3.63) is 34.9 Å². The summed E-state index contributed by atoms with van der Waals surface area (Å²) in [6.07, 6.45) is 0. The number of fused-ring (bicyclic) bond motifs is 1. The number of allylic oxidation sites excluding steroid dienone is 2. The van der Waals surface area contributed by atoms with Crippen LogP contribution in [0.3, 0.4) is 0 Å². The van der Waals surface area contributed by atoms with E-state index in [1.54, 1.807) is 19.1 Å². The van der Waals surface area contributed by atoms with Gasteiger partial charge in [-0.1, -0.05) is 26.0 Å². The molecule has 0 atom stereocenters.